The van der Waals surface area contributed by atoms with Gasteiger partial charge in [-0.05, 0) is 145 Å². The summed E-state index contributed by atoms with van der Waals surface area (Å²) in [6.45, 7) is 9.48. The van der Waals surface area contributed by atoms with Gasteiger partial charge in [0.15, 0.2) is 0 Å². The molecule has 1 aromatic heterocycles. The summed E-state index contributed by atoms with van der Waals surface area (Å²) in [7, 11) is 0. The van der Waals surface area contributed by atoms with E-state index in [1.54, 1.807) is 0 Å². The highest BCUT2D eigenvalue weighted by atomic mass is 32.1. The van der Waals surface area contributed by atoms with Crippen LogP contribution in [0.15, 0.2) is 200 Å². The SMILES string of the molecule is CC1(C)c2ccccc2-c2ccc(-c3ccc(N(c4ccc(-c5ccc6sc7ccccc7c6c5)cc4)c4ccc5c(c4)C(C)(C)c4cc(-c6ccccc6)ccc4-5)cc3)cc21. The Morgan fingerprint density at radius 2 is 0.742 bits per heavy atom. The first-order valence-corrected chi connectivity index (χ1v) is 22.6. The highest BCUT2D eigenvalue weighted by Crippen LogP contribution is 2.53. The van der Waals surface area contributed by atoms with Gasteiger partial charge in [-0.2, -0.15) is 0 Å². The fourth-order valence-electron chi connectivity index (χ4n) is 10.5. The molecule has 0 atom stereocenters. The van der Waals surface area contributed by atoms with E-state index >= 15 is 0 Å². The zero-order valence-corrected chi connectivity index (χ0v) is 36.2. The number of fused-ring (bicyclic) bond motifs is 9. The van der Waals surface area contributed by atoms with Crippen molar-refractivity contribution in [3.8, 4) is 55.6 Å². The minimum absolute atomic E-state index is 0.0434. The van der Waals surface area contributed by atoms with Crippen LogP contribution < -0.4 is 4.90 Å². The molecule has 2 heteroatoms. The number of nitrogens with zero attached hydrogens (tertiary/aromatic N) is 1. The van der Waals surface area contributed by atoms with E-state index < -0.39 is 0 Å². The number of benzene rings is 9. The number of thiophene rings is 1. The quantitative estimate of drug-likeness (QED) is 0.162. The molecule has 0 amide bonds. The molecule has 1 nitrogen and oxygen atoms in total. The lowest BCUT2D eigenvalue weighted by molar-refractivity contribution is 0.660. The maximum atomic E-state index is 2.44. The summed E-state index contributed by atoms with van der Waals surface area (Å²) >= 11 is 1.87. The van der Waals surface area contributed by atoms with Gasteiger partial charge in [0.05, 0.1) is 0 Å². The Hall–Kier alpha value is -7.00. The van der Waals surface area contributed by atoms with E-state index in [-0.39, 0.29) is 10.8 Å². The summed E-state index contributed by atoms with van der Waals surface area (Å²) in [6.07, 6.45) is 0. The fraction of sp³-hybridized carbons (Fsp3) is 0.100. The Balaban J connectivity index is 0.941. The summed E-state index contributed by atoms with van der Waals surface area (Å²) in [5.41, 5.74) is 21.5. The van der Waals surface area contributed by atoms with Crippen LogP contribution in [0.2, 0.25) is 0 Å². The number of anilines is 3. The Kier molecular flexibility index (Phi) is 8.17. The topological polar surface area (TPSA) is 3.24 Å². The van der Waals surface area contributed by atoms with Crippen LogP contribution in [0.3, 0.4) is 0 Å². The van der Waals surface area contributed by atoms with Crippen molar-refractivity contribution in [1.29, 1.82) is 0 Å². The third-order valence-corrected chi connectivity index (χ3v) is 15.1. The van der Waals surface area contributed by atoms with Gasteiger partial charge < -0.3 is 4.90 Å². The molecule has 2 aliphatic carbocycles. The van der Waals surface area contributed by atoms with Gasteiger partial charge in [0.2, 0.25) is 0 Å². The average Bonchev–Trinajstić information content (AvgIpc) is 3.88. The second kappa shape index (κ2) is 13.8. The highest BCUT2D eigenvalue weighted by molar-refractivity contribution is 7.25. The van der Waals surface area contributed by atoms with E-state index in [0.29, 0.717) is 0 Å². The maximum absolute atomic E-state index is 2.44. The molecule has 0 N–H and O–H groups in total. The van der Waals surface area contributed by atoms with Gasteiger partial charge in [-0.15, -0.1) is 11.3 Å². The Morgan fingerprint density at radius 1 is 0.306 bits per heavy atom. The monoisotopic (exact) mass is 811 g/mol. The van der Waals surface area contributed by atoms with E-state index in [1.807, 2.05) is 11.3 Å². The predicted octanol–water partition coefficient (Wildman–Crippen LogP) is 17.1. The van der Waals surface area contributed by atoms with Crippen molar-refractivity contribution >= 4 is 48.6 Å². The Bertz CT molecular complexity index is 3390. The second-order valence-electron chi connectivity index (χ2n) is 18.2. The standard InChI is InChI=1S/C60H45NS/c1-59(2)53-16-10-8-14-47(53)48-30-23-43(36-54(48)59)40-20-27-45(28-21-40)61(44-25-18-39(19-26-44)41-24-33-58-52(34-41)51-15-9-11-17-57(51)62-58)46-29-32-50-49-31-22-42(38-12-6-5-7-13-38)35-55(49)60(3,4)56(50)37-46/h5-37H,1-4H3. The van der Waals surface area contributed by atoms with Crippen molar-refractivity contribution in [3.05, 3.63) is 222 Å². The fourth-order valence-corrected chi connectivity index (χ4v) is 11.6. The average molecular weight is 812 g/mol. The lowest BCUT2D eigenvalue weighted by Gasteiger charge is -2.28. The summed E-state index contributed by atoms with van der Waals surface area (Å²) in [4.78, 5) is 2.43. The zero-order valence-electron chi connectivity index (χ0n) is 35.4. The van der Waals surface area contributed by atoms with Crippen molar-refractivity contribution in [1.82, 2.24) is 0 Å². The molecular weight excluding hydrogens is 767 g/mol. The summed E-state index contributed by atoms with van der Waals surface area (Å²) in [5, 5.41) is 2.65. The minimum Gasteiger partial charge on any atom is -0.310 e. The number of hydrogen-bond donors (Lipinski definition) is 0. The van der Waals surface area contributed by atoms with E-state index in [2.05, 4.69) is 233 Å². The predicted molar refractivity (Wildman–Crippen MR) is 265 cm³/mol. The Morgan fingerprint density at radius 3 is 1.40 bits per heavy atom. The molecule has 0 fully saturated rings. The summed E-state index contributed by atoms with van der Waals surface area (Å²) in [5.74, 6) is 0. The molecule has 0 saturated heterocycles. The van der Waals surface area contributed by atoms with Gasteiger partial charge in [-0.3, -0.25) is 0 Å². The maximum Gasteiger partial charge on any atom is 0.0465 e. The van der Waals surface area contributed by atoms with Crippen LogP contribution in [-0.2, 0) is 10.8 Å². The lowest BCUT2D eigenvalue weighted by atomic mass is 9.81. The molecule has 0 unspecified atom stereocenters. The van der Waals surface area contributed by atoms with E-state index in [9.17, 15) is 0 Å². The van der Waals surface area contributed by atoms with Gasteiger partial charge in [0.25, 0.3) is 0 Å². The van der Waals surface area contributed by atoms with Crippen LogP contribution in [-0.4, -0.2) is 0 Å². The van der Waals surface area contributed by atoms with Crippen LogP contribution >= 0.6 is 11.3 Å². The van der Waals surface area contributed by atoms with Crippen molar-refractivity contribution < 1.29 is 0 Å². The molecule has 12 rings (SSSR count). The van der Waals surface area contributed by atoms with Crippen LogP contribution in [0, 0.1) is 0 Å². The van der Waals surface area contributed by atoms with Crippen LogP contribution in [0.5, 0.6) is 0 Å². The molecule has 296 valence electrons. The third kappa shape index (κ3) is 5.67. The third-order valence-electron chi connectivity index (χ3n) is 13.9. The lowest BCUT2D eigenvalue weighted by Crippen LogP contribution is -2.16. The normalized spacial score (nSPS) is 14.1. The highest BCUT2D eigenvalue weighted by Gasteiger charge is 2.37. The summed E-state index contributed by atoms with van der Waals surface area (Å²) in [6, 6.07) is 74.8. The molecule has 62 heavy (non-hydrogen) atoms. The van der Waals surface area contributed by atoms with E-state index in [1.165, 1.54) is 98.1 Å². The van der Waals surface area contributed by atoms with Crippen molar-refractivity contribution in [2.24, 2.45) is 0 Å². The molecular formula is C60H45NS. The van der Waals surface area contributed by atoms with Crippen molar-refractivity contribution in [2.75, 3.05) is 4.90 Å². The number of rotatable bonds is 6. The minimum atomic E-state index is -0.170. The van der Waals surface area contributed by atoms with Crippen LogP contribution in [0.4, 0.5) is 17.1 Å². The van der Waals surface area contributed by atoms with Gasteiger partial charge in [0.1, 0.15) is 0 Å². The second-order valence-corrected chi connectivity index (χ2v) is 19.2. The van der Waals surface area contributed by atoms with Crippen LogP contribution in [0.25, 0.3) is 75.8 Å². The van der Waals surface area contributed by atoms with Gasteiger partial charge in [-0.1, -0.05) is 161 Å². The molecule has 0 radical (unpaired) electrons. The van der Waals surface area contributed by atoms with E-state index in [0.717, 1.165) is 17.1 Å². The van der Waals surface area contributed by atoms with Gasteiger partial charge in [-0.25, -0.2) is 0 Å². The molecule has 0 aliphatic heterocycles. The molecule has 0 saturated carbocycles. The number of hydrogen-bond acceptors (Lipinski definition) is 2. The van der Waals surface area contributed by atoms with Gasteiger partial charge >= 0.3 is 0 Å². The molecule has 9 aromatic carbocycles. The molecule has 2 aliphatic rings. The first-order chi connectivity index (χ1) is 30.2. The zero-order chi connectivity index (χ0) is 41.7. The molecule has 10 aromatic rings. The first kappa shape index (κ1) is 36.8. The molecule has 0 spiro atoms. The Labute approximate surface area is 368 Å². The van der Waals surface area contributed by atoms with Gasteiger partial charge in [0, 0.05) is 48.1 Å². The summed E-state index contributed by atoms with van der Waals surface area (Å²) < 4.78 is 2.66. The van der Waals surface area contributed by atoms with Crippen molar-refractivity contribution in [3.63, 3.8) is 0 Å². The van der Waals surface area contributed by atoms with Crippen LogP contribution in [0.1, 0.15) is 49.9 Å². The largest absolute Gasteiger partial charge is 0.310 e. The van der Waals surface area contributed by atoms with Crippen molar-refractivity contribution in [2.45, 2.75) is 38.5 Å². The smallest absolute Gasteiger partial charge is 0.0465 e. The molecule has 0 bridgehead atoms. The van der Waals surface area contributed by atoms with E-state index in [4.69, 9.17) is 0 Å². The first-order valence-electron chi connectivity index (χ1n) is 21.7. The molecule has 1 heterocycles.